The molecule has 0 saturated carbocycles. The molecule has 1 aromatic carbocycles. The first-order chi connectivity index (χ1) is 13.7. The van der Waals surface area contributed by atoms with Gasteiger partial charge in [-0.25, -0.2) is 9.37 Å². The standard InChI is InChI=1S/C21H30FN5O/c1-3-24-21(25-10-4-14-28-19-7-5-18(22)6-8-19)26-12-9-17(2)20(15-26)27-13-11-23-16-27/h5-8,11,13,16-17,20H,3-4,9-10,12,14-15H2,1-2H3,(H,24,25). The number of piperidine rings is 1. The van der Waals surface area contributed by atoms with E-state index in [4.69, 9.17) is 9.73 Å². The van der Waals surface area contributed by atoms with Crippen LogP contribution >= 0.6 is 0 Å². The van der Waals surface area contributed by atoms with Crippen molar-refractivity contribution in [3.63, 3.8) is 0 Å². The lowest BCUT2D eigenvalue weighted by Crippen LogP contribution is -2.49. The topological polar surface area (TPSA) is 54.7 Å². The summed E-state index contributed by atoms with van der Waals surface area (Å²) in [5.41, 5.74) is 0. The molecule has 6 nitrogen and oxygen atoms in total. The molecule has 1 saturated heterocycles. The molecule has 2 heterocycles. The average molecular weight is 388 g/mol. The number of guanidine groups is 1. The van der Waals surface area contributed by atoms with Crippen molar-refractivity contribution in [3.8, 4) is 5.75 Å². The van der Waals surface area contributed by atoms with Gasteiger partial charge in [0.15, 0.2) is 5.96 Å². The van der Waals surface area contributed by atoms with Crippen LogP contribution in [0.15, 0.2) is 48.0 Å². The van der Waals surface area contributed by atoms with E-state index in [0.29, 0.717) is 30.9 Å². The second kappa shape index (κ2) is 10.1. The predicted molar refractivity (Wildman–Crippen MR) is 109 cm³/mol. The minimum absolute atomic E-state index is 0.253. The molecule has 3 rings (SSSR count). The number of halogens is 1. The van der Waals surface area contributed by atoms with Gasteiger partial charge in [-0.2, -0.15) is 0 Å². The largest absolute Gasteiger partial charge is 0.494 e. The van der Waals surface area contributed by atoms with Gasteiger partial charge in [0.25, 0.3) is 0 Å². The van der Waals surface area contributed by atoms with E-state index in [9.17, 15) is 4.39 Å². The molecule has 0 bridgehead atoms. The van der Waals surface area contributed by atoms with E-state index in [1.807, 2.05) is 18.7 Å². The van der Waals surface area contributed by atoms with Gasteiger partial charge in [0.2, 0.25) is 0 Å². The quantitative estimate of drug-likeness (QED) is 0.450. The van der Waals surface area contributed by atoms with Crippen molar-refractivity contribution in [3.05, 3.63) is 48.8 Å². The molecular weight excluding hydrogens is 357 g/mol. The Morgan fingerprint density at radius 2 is 2.18 bits per heavy atom. The number of aromatic nitrogens is 2. The summed E-state index contributed by atoms with van der Waals surface area (Å²) in [7, 11) is 0. The van der Waals surface area contributed by atoms with Crippen LogP contribution in [0.25, 0.3) is 0 Å². The van der Waals surface area contributed by atoms with Gasteiger partial charge in [-0.3, -0.25) is 4.99 Å². The maximum absolute atomic E-state index is 12.9. The van der Waals surface area contributed by atoms with Crippen LogP contribution in [0.3, 0.4) is 0 Å². The first-order valence-electron chi connectivity index (χ1n) is 10.1. The van der Waals surface area contributed by atoms with Gasteiger partial charge in [-0.1, -0.05) is 6.92 Å². The number of rotatable bonds is 7. The van der Waals surface area contributed by atoms with E-state index < -0.39 is 0 Å². The zero-order valence-electron chi connectivity index (χ0n) is 16.7. The van der Waals surface area contributed by atoms with Crippen LogP contribution < -0.4 is 10.1 Å². The summed E-state index contributed by atoms with van der Waals surface area (Å²) in [6.45, 7) is 8.41. The van der Waals surface area contributed by atoms with Crippen LogP contribution in [-0.2, 0) is 0 Å². The van der Waals surface area contributed by atoms with Crippen molar-refractivity contribution >= 4 is 5.96 Å². The predicted octanol–water partition coefficient (Wildman–Crippen LogP) is 3.34. The van der Waals surface area contributed by atoms with Crippen molar-refractivity contribution < 1.29 is 9.13 Å². The van der Waals surface area contributed by atoms with Crippen molar-refractivity contribution in [2.24, 2.45) is 10.9 Å². The number of aliphatic imine (C=N–C) groups is 1. The van der Waals surface area contributed by atoms with E-state index in [0.717, 1.165) is 38.4 Å². The number of hydrogen-bond acceptors (Lipinski definition) is 3. The van der Waals surface area contributed by atoms with Crippen LogP contribution in [-0.4, -0.2) is 53.2 Å². The monoisotopic (exact) mass is 387 g/mol. The van der Waals surface area contributed by atoms with Crippen LogP contribution in [0.1, 0.15) is 32.7 Å². The number of benzene rings is 1. The van der Waals surface area contributed by atoms with E-state index in [1.54, 1.807) is 12.1 Å². The molecule has 152 valence electrons. The Labute approximate surface area is 166 Å². The number of ether oxygens (including phenoxy) is 1. The highest BCUT2D eigenvalue weighted by Gasteiger charge is 2.28. The fourth-order valence-electron chi connectivity index (χ4n) is 3.49. The minimum atomic E-state index is -0.253. The summed E-state index contributed by atoms with van der Waals surface area (Å²) in [5, 5.41) is 3.42. The van der Waals surface area contributed by atoms with Crippen molar-refractivity contribution in [1.82, 2.24) is 19.8 Å². The zero-order valence-corrected chi connectivity index (χ0v) is 16.7. The van der Waals surface area contributed by atoms with Gasteiger partial charge in [-0.15, -0.1) is 0 Å². The Hall–Kier alpha value is -2.57. The second-order valence-electron chi connectivity index (χ2n) is 7.18. The molecule has 7 heteroatoms. The Morgan fingerprint density at radius 1 is 1.36 bits per heavy atom. The molecule has 1 aliphatic heterocycles. The fourth-order valence-corrected chi connectivity index (χ4v) is 3.49. The molecule has 0 radical (unpaired) electrons. The van der Waals surface area contributed by atoms with Crippen molar-refractivity contribution in [2.75, 3.05) is 32.8 Å². The van der Waals surface area contributed by atoms with E-state index >= 15 is 0 Å². The average Bonchev–Trinajstić information content (AvgIpc) is 3.23. The summed E-state index contributed by atoms with van der Waals surface area (Å²) in [4.78, 5) is 11.3. The fraction of sp³-hybridized carbons (Fsp3) is 0.524. The SMILES string of the molecule is CCNC(=NCCCOc1ccc(F)cc1)N1CCC(C)C(n2ccnc2)C1. The number of nitrogens with one attached hydrogen (secondary N) is 1. The van der Waals surface area contributed by atoms with E-state index in [-0.39, 0.29) is 5.82 Å². The maximum atomic E-state index is 12.9. The third-order valence-corrected chi connectivity index (χ3v) is 5.11. The highest BCUT2D eigenvalue weighted by atomic mass is 19.1. The van der Waals surface area contributed by atoms with Gasteiger partial charge in [0.05, 0.1) is 19.0 Å². The van der Waals surface area contributed by atoms with Crippen molar-refractivity contribution in [2.45, 2.75) is 32.7 Å². The van der Waals surface area contributed by atoms with Gasteiger partial charge in [-0.05, 0) is 43.5 Å². The Bertz CT molecular complexity index is 732. The molecule has 0 amide bonds. The van der Waals surface area contributed by atoms with Crippen LogP contribution in [0, 0.1) is 11.7 Å². The normalized spacial score (nSPS) is 20.2. The molecule has 1 aliphatic rings. The summed E-state index contributed by atoms with van der Waals surface area (Å²) >= 11 is 0. The van der Waals surface area contributed by atoms with Crippen molar-refractivity contribution in [1.29, 1.82) is 0 Å². The van der Waals surface area contributed by atoms with Gasteiger partial charge in [0.1, 0.15) is 11.6 Å². The zero-order chi connectivity index (χ0) is 19.8. The number of nitrogens with zero attached hydrogens (tertiary/aromatic N) is 4. The highest BCUT2D eigenvalue weighted by molar-refractivity contribution is 5.80. The minimum Gasteiger partial charge on any atom is -0.494 e. The molecule has 28 heavy (non-hydrogen) atoms. The van der Waals surface area contributed by atoms with Gasteiger partial charge in [0, 0.05) is 45.0 Å². The molecule has 0 aliphatic carbocycles. The smallest absolute Gasteiger partial charge is 0.193 e. The Morgan fingerprint density at radius 3 is 2.89 bits per heavy atom. The number of hydrogen-bond donors (Lipinski definition) is 1. The molecular formula is C21H30FN5O. The highest BCUT2D eigenvalue weighted by Crippen LogP contribution is 2.27. The molecule has 1 fully saturated rings. The van der Waals surface area contributed by atoms with Gasteiger partial charge < -0.3 is 19.5 Å². The molecule has 1 N–H and O–H groups in total. The first-order valence-corrected chi connectivity index (χ1v) is 10.1. The first kappa shape index (κ1) is 20.2. The summed E-state index contributed by atoms with van der Waals surface area (Å²) in [6.07, 6.45) is 7.72. The lowest BCUT2D eigenvalue weighted by molar-refractivity contribution is 0.189. The number of imidazole rings is 1. The number of likely N-dealkylation sites (tertiary alicyclic amines) is 1. The molecule has 2 unspecified atom stereocenters. The van der Waals surface area contributed by atoms with Gasteiger partial charge >= 0.3 is 0 Å². The molecule has 1 aromatic heterocycles. The van der Waals surface area contributed by atoms with E-state index in [2.05, 4.69) is 33.6 Å². The lowest BCUT2D eigenvalue weighted by Gasteiger charge is -2.39. The lowest BCUT2D eigenvalue weighted by atomic mass is 9.93. The third-order valence-electron chi connectivity index (χ3n) is 5.11. The summed E-state index contributed by atoms with van der Waals surface area (Å²) < 4.78 is 20.8. The molecule has 2 atom stereocenters. The Kier molecular flexibility index (Phi) is 7.28. The second-order valence-corrected chi connectivity index (χ2v) is 7.18. The van der Waals surface area contributed by atoms with E-state index in [1.165, 1.54) is 12.1 Å². The molecule has 0 spiro atoms. The summed E-state index contributed by atoms with van der Waals surface area (Å²) in [6, 6.07) is 6.51. The van der Waals surface area contributed by atoms with Crippen LogP contribution in [0.4, 0.5) is 4.39 Å². The third kappa shape index (κ3) is 5.47. The van der Waals surface area contributed by atoms with Crippen LogP contribution in [0.5, 0.6) is 5.75 Å². The van der Waals surface area contributed by atoms with Crippen LogP contribution in [0.2, 0.25) is 0 Å². The Balaban J connectivity index is 1.52. The summed E-state index contributed by atoms with van der Waals surface area (Å²) in [5.74, 6) is 2.00. The maximum Gasteiger partial charge on any atom is 0.193 e. The molecule has 2 aromatic rings.